The lowest BCUT2D eigenvalue weighted by molar-refractivity contribution is -0.182. The minimum Gasteiger partial charge on any atom is -0.392 e. The molecule has 0 bridgehead atoms. The van der Waals surface area contributed by atoms with Crippen LogP contribution < -0.4 is 0 Å². The molecule has 16 heavy (non-hydrogen) atoms. The van der Waals surface area contributed by atoms with Crippen molar-refractivity contribution in [2.45, 2.75) is 69.5 Å². The van der Waals surface area contributed by atoms with E-state index in [-0.39, 0.29) is 11.5 Å². The molecule has 0 unspecified atom stereocenters. The largest absolute Gasteiger partial charge is 0.392 e. The van der Waals surface area contributed by atoms with Crippen molar-refractivity contribution in [2.75, 3.05) is 0 Å². The van der Waals surface area contributed by atoms with Gasteiger partial charge in [-0.2, -0.15) is 0 Å². The highest BCUT2D eigenvalue weighted by Crippen LogP contribution is 2.54. The molecule has 2 N–H and O–H groups in total. The second kappa shape index (κ2) is 4.50. The second-order valence-corrected chi connectivity index (χ2v) is 5.65. The lowest BCUT2D eigenvalue weighted by atomic mass is 9.54. The molecule has 0 aromatic heterocycles. The van der Waals surface area contributed by atoms with Crippen LogP contribution in [-0.4, -0.2) is 21.9 Å². The zero-order chi connectivity index (χ0) is 11.6. The molecule has 2 rings (SSSR count). The van der Waals surface area contributed by atoms with Crippen LogP contribution >= 0.6 is 0 Å². The number of aliphatic hydroxyl groups excluding tert-OH is 1. The number of rotatable bonds is 2. The van der Waals surface area contributed by atoms with Gasteiger partial charge < -0.3 is 10.2 Å². The van der Waals surface area contributed by atoms with Crippen molar-refractivity contribution in [3.8, 4) is 0 Å². The topological polar surface area (TPSA) is 40.5 Å². The van der Waals surface area contributed by atoms with Gasteiger partial charge in [0.25, 0.3) is 0 Å². The highest BCUT2D eigenvalue weighted by Gasteiger charge is 2.55. The third kappa shape index (κ3) is 1.72. The van der Waals surface area contributed by atoms with E-state index in [0.717, 1.165) is 51.4 Å². The summed E-state index contributed by atoms with van der Waals surface area (Å²) < 4.78 is 0. The predicted octanol–water partition coefficient (Wildman–Crippen LogP) is 2.79. The summed E-state index contributed by atoms with van der Waals surface area (Å²) in [5.74, 6) is 0. The van der Waals surface area contributed by atoms with Crippen LogP contribution in [0, 0.1) is 5.41 Å². The van der Waals surface area contributed by atoms with Gasteiger partial charge in [0.2, 0.25) is 0 Å². The van der Waals surface area contributed by atoms with Gasteiger partial charge in [-0.15, -0.1) is 6.58 Å². The van der Waals surface area contributed by atoms with E-state index in [0.29, 0.717) is 6.42 Å². The zero-order valence-electron chi connectivity index (χ0n) is 10.1. The fourth-order valence-electron chi connectivity index (χ4n) is 3.94. The number of aliphatic hydroxyl groups is 2. The van der Waals surface area contributed by atoms with Gasteiger partial charge in [0.05, 0.1) is 11.7 Å². The molecule has 2 nitrogen and oxygen atoms in total. The molecule has 2 aliphatic rings. The number of hydrogen-bond donors (Lipinski definition) is 2. The van der Waals surface area contributed by atoms with Gasteiger partial charge in [-0.25, -0.2) is 0 Å². The highest BCUT2D eigenvalue weighted by molar-refractivity contribution is 5.08. The first-order valence-corrected chi connectivity index (χ1v) is 6.66. The van der Waals surface area contributed by atoms with Crippen molar-refractivity contribution in [3.63, 3.8) is 0 Å². The van der Waals surface area contributed by atoms with Gasteiger partial charge in [-0.3, -0.25) is 0 Å². The molecule has 0 saturated heterocycles. The van der Waals surface area contributed by atoms with Gasteiger partial charge in [-0.05, 0) is 32.1 Å². The summed E-state index contributed by atoms with van der Waals surface area (Å²) in [4.78, 5) is 0. The van der Waals surface area contributed by atoms with Crippen LogP contribution in [0.15, 0.2) is 12.7 Å². The summed E-state index contributed by atoms with van der Waals surface area (Å²) in [5.41, 5.74) is -0.940. The standard InChI is InChI=1S/C14H24O2/c1-2-8-14(16)11-6-5-10-13(14)9-4-3-7-12(13)15/h2,12,15-16H,1,3-11H2/t12-,13-,14+/m0/s1. The summed E-state index contributed by atoms with van der Waals surface area (Å²) in [5, 5.41) is 21.2. The monoisotopic (exact) mass is 224 g/mol. The quantitative estimate of drug-likeness (QED) is 0.708. The maximum absolute atomic E-state index is 10.9. The molecule has 0 amide bonds. The van der Waals surface area contributed by atoms with E-state index in [1.54, 1.807) is 0 Å². The van der Waals surface area contributed by atoms with Crippen LogP contribution in [-0.2, 0) is 0 Å². The molecule has 2 aliphatic carbocycles. The van der Waals surface area contributed by atoms with Gasteiger partial charge in [-0.1, -0.05) is 31.8 Å². The van der Waals surface area contributed by atoms with Gasteiger partial charge in [0.1, 0.15) is 0 Å². The first-order valence-electron chi connectivity index (χ1n) is 6.66. The molecule has 92 valence electrons. The van der Waals surface area contributed by atoms with Gasteiger partial charge in [0, 0.05) is 5.41 Å². The smallest absolute Gasteiger partial charge is 0.0762 e. The van der Waals surface area contributed by atoms with Crippen molar-refractivity contribution >= 4 is 0 Å². The normalized spacial score (nSPS) is 44.5. The summed E-state index contributed by atoms with van der Waals surface area (Å²) in [6, 6.07) is 0. The molecule has 0 aromatic rings. The van der Waals surface area contributed by atoms with Crippen LogP contribution in [0.2, 0.25) is 0 Å². The lowest BCUT2D eigenvalue weighted by Gasteiger charge is -2.55. The summed E-state index contributed by atoms with van der Waals surface area (Å²) in [6.45, 7) is 3.76. The van der Waals surface area contributed by atoms with Crippen LogP contribution in [0.25, 0.3) is 0 Å². The van der Waals surface area contributed by atoms with Crippen molar-refractivity contribution < 1.29 is 10.2 Å². The van der Waals surface area contributed by atoms with E-state index in [4.69, 9.17) is 0 Å². The van der Waals surface area contributed by atoms with Crippen molar-refractivity contribution in [2.24, 2.45) is 5.41 Å². The fourth-order valence-corrected chi connectivity index (χ4v) is 3.94. The Morgan fingerprint density at radius 1 is 1.12 bits per heavy atom. The molecule has 0 radical (unpaired) electrons. The first-order chi connectivity index (χ1) is 7.65. The van der Waals surface area contributed by atoms with E-state index in [2.05, 4.69) is 6.58 Å². The minimum atomic E-state index is -0.702. The average Bonchev–Trinajstić information content (AvgIpc) is 2.26. The lowest BCUT2D eigenvalue weighted by Crippen LogP contribution is -2.58. The summed E-state index contributed by atoms with van der Waals surface area (Å²) in [6.07, 6.45) is 10.3. The molecule has 2 heteroatoms. The molecule has 0 aromatic carbocycles. The fraction of sp³-hybridized carbons (Fsp3) is 0.857. The molecule has 2 fully saturated rings. The minimum absolute atomic E-state index is 0.238. The summed E-state index contributed by atoms with van der Waals surface area (Å²) in [7, 11) is 0. The van der Waals surface area contributed by atoms with Crippen molar-refractivity contribution in [1.29, 1.82) is 0 Å². The SMILES string of the molecule is C=CC[C@@]1(O)CCCC[C@]12CCCC[C@@H]2O. The van der Waals surface area contributed by atoms with Crippen molar-refractivity contribution in [3.05, 3.63) is 12.7 Å². The van der Waals surface area contributed by atoms with E-state index in [1.807, 2.05) is 6.08 Å². The Morgan fingerprint density at radius 2 is 1.75 bits per heavy atom. The maximum Gasteiger partial charge on any atom is 0.0762 e. The Labute approximate surface area is 98.4 Å². The maximum atomic E-state index is 10.9. The first kappa shape index (κ1) is 12.1. The summed E-state index contributed by atoms with van der Waals surface area (Å²) >= 11 is 0. The molecule has 0 heterocycles. The third-order valence-electron chi connectivity index (χ3n) is 4.86. The Kier molecular flexibility index (Phi) is 3.41. The van der Waals surface area contributed by atoms with Gasteiger partial charge in [0.15, 0.2) is 0 Å². The van der Waals surface area contributed by atoms with Crippen LogP contribution in [0.5, 0.6) is 0 Å². The van der Waals surface area contributed by atoms with Crippen LogP contribution in [0.3, 0.4) is 0 Å². The second-order valence-electron chi connectivity index (χ2n) is 5.65. The van der Waals surface area contributed by atoms with Crippen LogP contribution in [0.4, 0.5) is 0 Å². The molecule has 1 spiro atoms. The third-order valence-corrected chi connectivity index (χ3v) is 4.86. The number of hydrogen-bond acceptors (Lipinski definition) is 2. The molecular formula is C14H24O2. The molecular weight excluding hydrogens is 200 g/mol. The Hall–Kier alpha value is -0.340. The Balaban J connectivity index is 2.28. The highest BCUT2D eigenvalue weighted by atomic mass is 16.3. The molecule has 3 atom stereocenters. The van der Waals surface area contributed by atoms with Crippen molar-refractivity contribution in [1.82, 2.24) is 0 Å². The molecule has 0 aliphatic heterocycles. The molecule has 2 saturated carbocycles. The Bertz CT molecular complexity index is 257. The van der Waals surface area contributed by atoms with E-state index >= 15 is 0 Å². The van der Waals surface area contributed by atoms with Crippen LogP contribution in [0.1, 0.15) is 57.8 Å². The zero-order valence-corrected chi connectivity index (χ0v) is 10.1. The Morgan fingerprint density at radius 3 is 2.44 bits per heavy atom. The average molecular weight is 224 g/mol. The van der Waals surface area contributed by atoms with Gasteiger partial charge >= 0.3 is 0 Å². The van der Waals surface area contributed by atoms with E-state index in [1.165, 1.54) is 0 Å². The predicted molar refractivity (Wildman–Crippen MR) is 65.1 cm³/mol. The van der Waals surface area contributed by atoms with E-state index < -0.39 is 5.60 Å². The van der Waals surface area contributed by atoms with E-state index in [9.17, 15) is 10.2 Å².